The van der Waals surface area contributed by atoms with Crippen LogP contribution in [0.3, 0.4) is 0 Å². The van der Waals surface area contributed by atoms with Crippen LogP contribution in [-0.4, -0.2) is 51.9 Å². The highest BCUT2D eigenvalue weighted by Gasteiger charge is 2.50. The molecule has 0 radical (unpaired) electrons. The molecule has 2 atom stereocenters. The fourth-order valence-corrected chi connectivity index (χ4v) is 4.38. The number of nitrogens with one attached hydrogen (secondary N) is 1. The highest BCUT2D eigenvalue weighted by Crippen LogP contribution is 2.48. The summed E-state index contributed by atoms with van der Waals surface area (Å²) in [7, 11) is 0. The lowest BCUT2D eigenvalue weighted by atomic mass is 9.97. The molecule has 3 aliphatic rings. The summed E-state index contributed by atoms with van der Waals surface area (Å²) in [6.45, 7) is 1.97. The van der Waals surface area contributed by atoms with Crippen LogP contribution in [-0.2, 0) is 5.41 Å². The van der Waals surface area contributed by atoms with Crippen LogP contribution in [0.5, 0.6) is 0 Å². The molecule has 1 aromatic carbocycles. The predicted octanol–water partition coefficient (Wildman–Crippen LogP) is 3.10. The fourth-order valence-electron chi connectivity index (χ4n) is 4.38. The van der Waals surface area contributed by atoms with Crippen molar-refractivity contribution in [2.75, 3.05) is 19.6 Å². The summed E-state index contributed by atoms with van der Waals surface area (Å²) in [5, 5.41) is 17.1. The summed E-state index contributed by atoms with van der Waals surface area (Å²) >= 11 is 0. The van der Waals surface area contributed by atoms with Crippen LogP contribution >= 0.6 is 0 Å². The molecule has 2 aliphatic carbocycles. The Balaban J connectivity index is 1.17. The smallest absolute Gasteiger partial charge is 0.407 e. The number of piperidine rings is 1. The Labute approximate surface area is 164 Å². The van der Waals surface area contributed by atoms with Gasteiger partial charge in [-0.1, -0.05) is 35.5 Å². The third-order valence-electron chi connectivity index (χ3n) is 6.61. The number of hydrogen-bond donors (Lipinski definition) is 2. The molecule has 2 saturated carbocycles. The maximum absolute atomic E-state index is 11.1. The molecule has 0 spiro atoms. The van der Waals surface area contributed by atoms with Gasteiger partial charge in [0.1, 0.15) is 0 Å². The zero-order valence-corrected chi connectivity index (χ0v) is 15.9. The maximum Gasteiger partial charge on any atom is 0.407 e. The molecule has 1 amide bonds. The quantitative estimate of drug-likeness (QED) is 0.798. The SMILES string of the molecule is O=C(O)N1CCC(c2nc(C3(CN[C@H]4C[C@@H]4c4ccccc4)CC3)no2)CC1. The molecule has 7 nitrogen and oxygen atoms in total. The number of carbonyl (C=O) groups is 1. The van der Waals surface area contributed by atoms with Crippen LogP contribution in [0.15, 0.2) is 34.9 Å². The molecule has 7 heteroatoms. The summed E-state index contributed by atoms with van der Waals surface area (Å²) in [6, 6.07) is 11.2. The maximum atomic E-state index is 11.1. The van der Waals surface area contributed by atoms with Crippen molar-refractivity contribution in [3.8, 4) is 0 Å². The van der Waals surface area contributed by atoms with E-state index in [0.717, 1.165) is 38.1 Å². The van der Waals surface area contributed by atoms with Crippen LogP contribution in [0.1, 0.15) is 61.2 Å². The van der Waals surface area contributed by atoms with E-state index in [1.54, 1.807) is 0 Å². The number of likely N-dealkylation sites (tertiary alicyclic amines) is 1. The average Bonchev–Trinajstić information content (AvgIpc) is 3.64. The summed E-state index contributed by atoms with van der Waals surface area (Å²) in [4.78, 5) is 17.2. The molecule has 0 unspecified atom stereocenters. The van der Waals surface area contributed by atoms with Gasteiger partial charge < -0.3 is 19.8 Å². The average molecular weight is 382 g/mol. The second kappa shape index (κ2) is 6.88. The van der Waals surface area contributed by atoms with E-state index in [0.29, 0.717) is 30.9 Å². The number of carboxylic acid groups (broad SMARTS) is 1. The lowest BCUT2D eigenvalue weighted by molar-refractivity contribution is 0.128. The number of benzene rings is 1. The third-order valence-corrected chi connectivity index (χ3v) is 6.61. The van der Waals surface area contributed by atoms with Crippen molar-refractivity contribution >= 4 is 6.09 Å². The van der Waals surface area contributed by atoms with Gasteiger partial charge in [0.25, 0.3) is 0 Å². The van der Waals surface area contributed by atoms with Gasteiger partial charge in [0.15, 0.2) is 5.82 Å². The first-order valence-corrected chi connectivity index (χ1v) is 10.2. The van der Waals surface area contributed by atoms with Gasteiger partial charge in [-0.15, -0.1) is 0 Å². The highest BCUT2D eigenvalue weighted by molar-refractivity contribution is 5.65. The number of aromatic nitrogens is 2. The Morgan fingerprint density at radius 3 is 2.68 bits per heavy atom. The van der Waals surface area contributed by atoms with E-state index in [1.807, 2.05) is 0 Å². The number of amides is 1. The topological polar surface area (TPSA) is 91.5 Å². The van der Waals surface area contributed by atoms with Crippen LogP contribution < -0.4 is 5.32 Å². The van der Waals surface area contributed by atoms with E-state index in [-0.39, 0.29) is 11.3 Å². The second-order valence-electron chi connectivity index (χ2n) is 8.52. The largest absolute Gasteiger partial charge is 0.465 e. The van der Waals surface area contributed by atoms with Crippen molar-refractivity contribution < 1.29 is 14.4 Å². The molecule has 2 aromatic rings. The monoisotopic (exact) mass is 382 g/mol. The van der Waals surface area contributed by atoms with Gasteiger partial charge >= 0.3 is 6.09 Å². The Kier molecular flexibility index (Phi) is 4.34. The van der Waals surface area contributed by atoms with Crippen molar-refractivity contribution in [3.63, 3.8) is 0 Å². The van der Waals surface area contributed by atoms with Crippen LogP contribution in [0, 0.1) is 0 Å². The van der Waals surface area contributed by atoms with E-state index < -0.39 is 6.09 Å². The fraction of sp³-hybridized carbons (Fsp3) is 0.571. The van der Waals surface area contributed by atoms with Gasteiger partial charge in [-0.25, -0.2) is 4.79 Å². The zero-order valence-electron chi connectivity index (χ0n) is 15.9. The molecule has 148 valence electrons. The molecular formula is C21H26N4O3. The van der Waals surface area contributed by atoms with Gasteiger partial charge in [0, 0.05) is 42.9 Å². The molecular weight excluding hydrogens is 356 g/mol. The van der Waals surface area contributed by atoms with Gasteiger partial charge in [0.05, 0.1) is 0 Å². The van der Waals surface area contributed by atoms with Gasteiger partial charge in [-0.3, -0.25) is 0 Å². The molecule has 3 fully saturated rings. The van der Waals surface area contributed by atoms with E-state index in [1.165, 1.54) is 16.9 Å². The van der Waals surface area contributed by atoms with Gasteiger partial charge in [-0.05, 0) is 37.7 Å². The van der Waals surface area contributed by atoms with Crippen molar-refractivity contribution in [2.24, 2.45) is 0 Å². The minimum atomic E-state index is -0.846. The molecule has 1 saturated heterocycles. The van der Waals surface area contributed by atoms with E-state index in [2.05, 4.69) is 40.8 Å². The minimum Gasteiger partial charge on any atom is -0.465 e. The van der Waals surface area contributed by atoms with Crippen LogP contribution in [0.2, 0.25) is 0 Å². The molecule has 28 heavy (non-hydrogen) atoms. The van der Waals surface area contributed by atoms with Gasteiger partial charge in [-0.2, -0.15) is 4.98 Å². The van der Waals surface area contributed by atoms with Gasteiger partial charge in [0.2, 0.25) is 5.89 Å². The normalized spacial score (nSPS) is 26.2. The first kappa shape index (κ1) is 17.7. The summed E-state index contributed by atoms with van der Waals surface area (Å²) < 4.78 is 5.58. The van der Waals surface area contributed by atoms with E-state index in [9.17, 15) is 4.79 Å². The van der Waals surface area contributed by atoms with Crippen molar-refractivity contribution in [3.05, 3.63) is 47.6 Å². The summed E-state index contributed by atoms with van der Waals surface area (Å²) in [6.07, 6.45) is 4.04. The third kappa shape index (κ3) is 3.39. The zero-order chi connectivity index (χ0) is 19.1. The molecule has 2 N–H and O–H groups in total. The van der Waals surface area contributed by atoms with Crippen molar-refractivity contribution in [1.29, 1.82) is 0 Å². The standard InChI is InChI=1S/C21H26N4O3/c26-20(27)25-10-6-15(7-11-25)18-23-19(24-28-18)21(8-9-21)13-22-17-12-16(17)14-4-2-1-3-5-14/h1-5,15-17,22H,6-13H2,(H,26,27)/t16-,17+/m1/s1. The Morgan fingerprint density at radius 1 is 1.25 bits per heavy atom. The molecule has 5 rings (SSSR count). The van der Waals surface area contributed by atoms with Crippen molar-refractivity contribution in [1.82, 2.24) is 20.4 Å². The number of hydrogen-bond acceptors (Lipinski definition) is 5. The van der Waals surface area contributed by atoms with Crippen LogP contribution in [0.4, 0.5) is 4.79 Å². The molecule has 1 aliphatic heterocycles. The number of nitrogens with zero attached hydrogens (tertiary/aromatic N) is 3. The lowest BCUT2D eigenvalue weighted by Gasteiger charge is -2.27. The second-order valence-corrected chi connectivity index (χ2v) is 8.52. The molecule has 2 heterocycles. The Morgan fingerprint density at radius 2 is 2.00 bits per heavy atom. The van der Waals surface area contributed by atoms with E-state index in [4.69, 9.17) is 14.6 Å². The van der Waals surface area contributed by atoms with E-state index >= 15 is 0 Å². The molecule has 1 aromatic heterocycles. The minimum absolute atomic E-state index is 0.0212. The lowest BCUT2D eigenvalue weighted by Crippen LogP contribution is -2.36. The highest BCUT2D eigenvalue weighted by atomic mass is 16.5. The van der Waals surface area contributed by atoms with Crippen LogP contribution in [0.25, 0.3) is 0 Å². The molecule has 0 bridgehead atoms. The summed E-state index contributed by atoms with van der Waals surface area (Å²) in [5.74, 6) is 2.30. The first-order valence-electron chi connectivity index (χ1n) is 10.2. The predicted molar refractivity (Wildman–Crippen MR) is 102 cm³/mol. The first-order chi connectivity index (χ1) is 13.6. The number of rotatable bonds is 6. The Bertz CT molecular complexity index is 840. The Hall–Kier alpha value is -2.41. The summed E-state index contributed by atoms with van der Waals surface area (Å²) in [5.41, 5.74) is 1.44. The van der Waals surface area contributed by atoms with Crippen molar-refractivity contribution in [2.45, 2.75) is 55.4 Å².